The maximum atomic E-state index is 11.3. The zero-order valence-corrected chi connectivity index (χ0v) is 22.7. The van der Waals surface area contributed by atoms with Crippen LogP contribution in [0.2, 0.25) is 0 Å². The van der Waals surface area contributed by atoms with Crippen molar-refractivity contribution in [1.82, 2.24) is 9.88 Å². The number of nitrogens with two attached hydrogens (primary N) is 1. The molecule has 9 atom stereocenters. The molecule has 0 amide bonds. The van der Waals surface area contributed by atoms with E-state index in [2.05, 4.69) is 36.2 Å². The van der Waals surface area contributed by atoms with Gasteiger partial charge in [-0.2, -0.15) is 0 Å². The van der Waals surface area contributed by atoms with Crippen molar-refractivity contribution in [3.8, 4) is 0 Å². The number of aliphatic hydroxyl groups is 2. The maximum Gasteiger partial charge on any atom is 0.123 e. The number of nitrogens with zero attached hydrogens (tertiary/aromatic N) is 2. The summed E-state index contributed by atoms with van der Waals surface area (Å²) in [4.78, 5) is 5.76. The minimum absolute atomic E-state index is 0.0449. The van der Waals surface area contributed by atoms with Crippen LogP contribution in [0.25, 0.3) is 16.3 Å². The normalized spacial score (nSPS) is 46.5. The molecule has 3 aliphatic carbocycles. The van der Waals surface area contributed by atoms with E-state index in [1.54, 1.807) is 0 Å². The molecule has 4 N–H and O–H groups in total. The van der Waals surface area contributed by atoms with E-state index in [0.29, 0.717) is 12.2 Å². The molecule has 2 aromatic rings. The van der Waals surface area contributed by atoms with Crippen LogP contribution in [0.3, 0.4) is 0 Å². The lowest BCUT2D eigenvalue weighted by Crippen LogP contribution is -2.72. The average Bonchev–Trinajstić information content (AvgIpc) is 3.39. The molecule has 6 nitrogen and oxygen atoms in total. The SMILES string of the molecule is CN(C)C1CC23CCC4(O2)C2CC=C(c5ccc6cnc(N)cc6c5)C2(C)CCC4(Cl)CC3C(O)C1O. The molecule has 7 rings (SSSR count). The summed E-state index contributed by atoms with van der Waals surface area (Å²) in [6.45, 7) is 2.41. The van der Waals surface area contributed by atoms with Crippen LogP contribution in [0, 0.1) is 17.3 Å². The zero-order chi connectivity index (χ0) is 26.0. The highest BCUT2D eigenvalue weighted by atomic mass is 35.5. The third-order valence-electron chi connectivity index (χ3n) is 11.3. The quantitative estimate of drug-likeness (QED) is 0.506. The van der Waals surface area contributed by atoms with Crippen LogP contribution in [0.15, 0.2) is 36.5 Å². The molecular weight excluding hydrogens is 486 g/mol. The van der Waals surface area contributed by atoms with E-state index >= 15 is 0 Å². The van der Waals surface area contributed by atoms with Gasteiger partial charge in [-0.1, -0.05) is 25.1 Å². The van der Waals surface area contributed by atoms with Gasteiger partial charge in [0, 0.05) is 29.5 Å². The Bertz CT molecular complexity index is 1320. The van der Waals surface area contributed by atoms with Gasteiger partial charge in [-0.05, 0) is 93.1 Å². The van der Waals surface area contributed by atoms with E-state index in [-0.39, 0.29) is 23.3 Å². The van der Waals surface area contributed by atoms with Crippen LogP contribution in [0.4, 0.5) is 5.82 Å². The third kappa shape index (κ3) is 3.05. The number of ether oxygens (including phenoxy) is 1. The summed E-state index contributed by atoms with van der Waals surface area (Å²) in [6.07, 6.45) is 8.68. The molecule has 3 heterocycles. The second kappa shape index (κ2) is 7.70. The van der Waals surface area contributed by atoms with Crippen LogP contribution in [-0.2, 0) is 4.74 Å². The standard InChI is InChI=1S/C30H38ClN3O3/c1-27-8-10-29(31)14-21-25(35)26(36)22(34(2)3)15-28(21)9-11-30(29,37-28)23(27)7-6-20(27)17-4-5-18-16-33-24(32)13-19(18)12-17/h4-6,12-13,16,21-23,25-26,35-36H,7-11,14-15H2,1-3H3,(H2,32,33). The summed E-state index contributed by atoms with van der Waals surface area (Å²) in [5, 5.41) is 24.5. The van der Waals surface area contributed by atoms with Crippen molar-refractivity contribution in [2.45, 2.75) is 86.2 Å². The Morgan fingerprint density at radius 3 is 2.65 bits per heavy atom. The molecule has 7 heteroatoms. The lowest BCUT2D eigenvalue weighted by atomic mass is 9.52. The molecule has 0 radical (unpaired) electrons. The van der Waals surface area contributed by atoms with Gasteiger partial charge >= 0.3 is 0 Å². The Balaban J connectivity index is 1.27. The zero-order valence-electron chi connectivity index (χ0n) is 22.0. The largest absolute Gasteiger partial charge is 0.390 e. The fourth-order valence-corrected chi connectivity index (χ4v) is 9.86. The first-order valence-corrected chi connectivity index (χ1v) is 14.2. The maximum absolute atomic E-state index is 11.3. The van der Waals surface area contributed by atoms with Gasteiger partial charge in [0.25, 0.3) is 0 Å². The number of anilines is 1. The molecule has 2 saturated carbocycles. The number of pyridine rings is 1. The van der Waals surface area contributed by atoms with E-state index < -0.39 is 28.3 Å². The summed E-state index contributed by atoms with van der Waals surface area (Å²) < 4.78 is 7.34. The number of benzene rings is 1. The van der Waals surface area contributed by atoms with Gasteiger partial charge < -0.3 is 25.6 Å². The van der Waals surface area contributed by atoms with Crippen LogP contribution in [0.1, 0.15) is 57.4 Å². The van der Waals surface area contributed by atoms with Crippen LogP contribution in [0.5, 0.6) is 0 Å². The topological polar surface area (TPSA) is 91.8 Å². The second-order valence-electron chi connectivity index (χ2n) is 13.0. The number of rotatable bonds is 2. The summed E-state index contributed by atoms with van der Waals surface area (Å²) in [5.74, 6) is 0.681. The van der Waals surface area contributed by atoms with E-state index in [0.717, 1.165) is 49.3 Å². The Kier molecular flexibility index (Phi) is 5.06. The summed E-state index contributed by atoms with van der Waals surface area (Å²) in [6, 6.07) is 8.43. The van der Waals surface area contributed by atoms with Gasteiger partial charge in [-0.3, -0.25) is 0 Å². The fourth-order valence-electron chi connectivity index (χ4n) is 9.33. The number of aromatic nitrogens is 1. The number of hydrogen-bond acceptors (Lipinski definition) is 6. The lowest BCUT2D eigenvalue weighted by molar-refractivity contribution is -0.276. The molecule has 5 aliphatic rings. The number of fused-ring (bicyclic) bond motifs is 2. The molecule has 2 bridgehead atoms. The van der Waals surface area contributed by atoms with Gasteiger partial charge in [0.15, 0.2) is 0 Å². The number of nitrogen functional groups attached to an aromatic ring is 1. The van der Waals surface area contributed by atoms with Crippen LogP contribution < -0.4 is 5.73 Å². The van der Waals surface area contributed by atoms with Crippen molar-refractivity contribution in [3.63, 3.8) is 0 Å². The fraction of sp³-hybridized carbons (Fsp3) is 0.633. The Labute approximate surface area is 223 Å². The van der Waals surface area contributed by atoms with Crippen LogP contribution in [-0.4, -0.2) is 68.5 Å². The number of alkyl halides is 1. The van der Waals surface area contributed by atoms with Crippen molar-refractivity contribution in [2.24, 2.45) is 17.3 Å². The number of likely N-dealkylation sites (N-methyl/N-ethyl adjacent to an activating group) is 1. The molecule has 4 fully saturated rings. The van der Waals surface area contributed by atoms with E-state index in [9.17, 15) is 10.2 Å². The van der Waals surface area contributed by atoms with Crippen molar-refractivity contribution in [3.05, 3.63) is 42.1 Å². The summed E-state index contributed by atoms with van der Waals surface area (Å²) in [7, 11) is 3.96. The first kappa shape index (κ1) is 24.3. The minimum Gasteiger partial charge on any atom is -0.390 e. The van der Waals surface area contributed by atoms with Gasteiger partial charge in [-0.15, -0.1) is 11.6 Å². The summed E-state index contributed by atoms with van der Waals surface area (Å²) >= 11 is 7.63. The van der Waals surface area contributed by atoms with Gasteiger partial charge in [0.05, 0.1) is 28.3 Å². The van der Waals surface area contributed by atoms with Crippen molar-refractivity contribution in [1.29, 1.82) is 0 Å². The lowest BCUT2D eigenvalue weighted by Gasteiger charge is -2.65. The first-order chi connectivity index (χ1) is 17.5. The molecule has 2 aliphatic heterocycles. The summed E-state index contributed by atoms with van der Waals surface area (Å²) in [5.41, 5.74) is 7.72. The van der Waals surface area contributed by atoms with Gasteiger partial charge in [0.1, 0.15) is 5.82 Å². The Hall–Kier alpha value is -1.70. The molecule has 2 spiro atoms. The molecule has 1 aromatic carbocycles. The highest BCUT2D eigenvalue weighted by Crippen LogP contribution is 2.73. The van der Waals surface area contributed by atoms with Crippen LogP contribution >= 0.6 is 11.6 Å². The predicted molar refractivity (Wildman–Crippen MR) is 146 cm³/mol. The highest BCUT2D eigenvalue weighted by molar-refractivity contribution is 6.25. The molecule has 9 unspecified atom stereocenters. The van der Waals surface area contributed by atoms with E-state index in [1.165, 1.54) is 11.1 Å². The minimum atomic E-state index is -0.821. The number of aliphatic hydroxyl groups excluding tert-OH is 2. The Morgan fingerprint density at radius 2 is 1.86 bits per heavy atom. The average molecular weight is 524 g/mol. The third-order valence-corrected chi connectivity index (χ3v) is 11.9. The monoisotopic (exact) mass is 523 g/mol. The first-order valence-electron chi connectivity index (χ1n) is 13.8. The molecular formula is C30H38ClN3O3. The Morgan fingerprint density at radius 1 is 1.05 bits per heavy atom. The van der Waals surface area contributed by atoms with Crippen molar-refractivity contribution >= 4 is 33.8 Å². The molecule has 2 saturated heterocycles. The van der Waals surface area contributed by atoms with E-state index in [1.807, 2.05) is 31.3 Å². The van der Waals surface area contributed by atoms with Gasteiger partial charge in [-0.25, -0.2) is 4.98 Å². The number of halogens is 1. The molecule has 1 aromatic heterocycles. The van der Waals surface area contributed by atoms with E-state index in [4.69, 9.17) is 22.1 Å². The molecule has 198 valence electrons. The second-order valence-corrected chi connectivity index (χ2v) is 13.8. The van der Waals surface area contributed by atoms with Crippen molar-refractivity contribution in [2.75, 3.05) is 19.8 Å². The number of hydrogen-bond donors (Lipinski definition) is 3. The van der Waals surface area contributed by atoms with Gasteiger partial charge in [0.2, 0.25) is 0 Å². The number of allylic oxidation sites excluding steroid dienone is 2. The van der Waals surface area contributed by atoms with Crippen molar-refractivity contribution < 1.29 is 14.9 Å². The smallest absolute Gasteiger partial charge is 0.123 e. The molecule has 37 heavy (non-hydrogen) atoms. The highest BCUT2D eigenvalue weighted by Gasteiger charge is 2.76. The predicted octanol–water partition coefficient (Wildman–Crippen LogP) is 4.36.